The van der Waals surface area contributed by atoms with Crippen LogP contribution in [0.5, 0.6) is 5.75 Å². The summed E-state index contributed by atoms with van der Waals surface area (Å²) in [5.41, 5.74) is 4.81. The minimum Gasteiger partial charge on any atom is -0.497 e. The Hall–Kier alpha value is -2.53. The molecule has 2 aliphatic rings. The lowest BCUT2D eigenvalue weighted by Crippen LogP contribution is -2.48. The number of anilines is 1. The molecule has 0 spiro atoms. The van der Waals surface area contributed by atoms with Crippen LogP contribution in [0.4, 0.5) is 5.69 Å². The predicted octanol–water partition coefficient (Wildman–Crippen LogP) is 2.62. The molecular weight excluding hydrogens is 326 g/mol. The van der Waals surface area contributed by atoms with Crippen molar-refractivity contribution in [3.8, 4) is 5.75 Å². The van der Waals surface area contributed by atoms with Gasteiger partial charge in [0, 0.05) is 50.5 Å². The summed E-state index contributed by atoms with van der Waals surface area (Å²) in [4.78, 5) is 17.1. The number of amides is 1. The SMILES string of the molecule is COc1cccc(C(=O)N2CCN(Cc3cccc4c3NCC4)CC2)c1. The lowest BCUT2D eigenvalue weighted by atomic mass is 10.1. The number of hydrogen-bond donors (Lipinski definition) is 1. The molecule has 0 radical (unpaired) electrons. The monoisotopic (exact) mass is 351 g/mol. The number of methoxy groups -OCH3 is 1. The number of fused-ring (bicyclic) bond motifs is 1. The van der Waals surface area contributed by atoms with Crippen LogP contribution in [0.1, 0.15) is 21.5 Å². The molecule has 1 fully saturated rings. The molecule has 2 heterocycles. The van der Waals surface area contributed by atoms with E-state index in [9.17, 15) is 4.79 Å². The molecule has 2 aromatic carbocycles. The second-order valence-corrected chi connectivity index (χ2v) is 6.93. The van der Waals surface area contributed by atoms with E-state index in [1.165, 1.54) is 16.8 Å². The van der Waals surface area contributed by atoms with Crippen molar-refractivity contribution in [2.75, 3.05) is 45.2 Å². The fourth-order valence-corrected chi connectivity index (χ4v) is 3.83. The second kappa shape index (κ2) is 7.38. The first-order chi connectivity index (χ1) is 12.7. The van der Waals surface area contributed by atoms with Gasteiger partial charge < -0.3 is 15.0 Å². The summed E-state index contributed by atoms with van der Waals surface area (Å²) in [5.74, 6) is 0.811. The van der Waals surface area contributed by atoms with Crippen LogP contribution in [0, 0.1) is 0 Å². The quantitative estimate of drug-likeness (QED) is 0.920. The van der Waals surface area contributed by atoms with Crippen LogP contribution in [0.25, 0.3) is 0 Å². The molecule has 5 nitrogen and oxygen atoms in total. The smallest absolute Gasteiger partial charge is 0.254 e. The van der Waals surface area contributed by atoms with E-state index >= 15 is 0 Å². The molecule has 2 aliphatic heterocycles. The number of nitrogens with one attached hydrogen (secondary N) is 1. The molecule has 2 aromatic rings. The van der Waals surface area contributed by atoms with E-state index in [2.05, 4.69) is 28.4 Å². The molecule has 0 aromatic heterocycles. The van der Waals surface area contributed by atoms with Crippen molar-refractivity contribution in [2.45, 2.75) is 13.0 Å². The Morgan fingerprint density at radius 2 is 1.92 bits per heavy atom. The zero-order valence-electron chi connectivity index (χ0n) is 15.2. The lowest BCUT2D eigenvalue weighted by molar-refractivity contribution is 0.0628. The lowest BCUT2D eigenvalue weighted by Gasteiger charge is -2.35. The standard InChI is InChI=1S/C21H25N3O2/c1-26-19-7-3-5-17(14-19)21(25)24-12-10-23(11-13-24)15-18-6-2-4-16-8-9-22-20(16)18/h2-7,14,22H,8-13,15H2,1H3. The Morgan fingerprint density at radius 1 is 1.12 bits per heavy atom. The van der Waals surface area contributed by atoms with Gasteiger partial charge in [-0.05, 0) is 35.7 Å². The van der Waals surface area contributed by atoms with Crippen LogP contribution in [0.2, 0.25) is 0 Å². The van der Waals surface area contributed by atoms with Crippen LogP contribution in [-0.2, 0) is 13.0 Å². The predicted molar refractivity (Wildman–Crippen MR) is 103 cm³/mol. The molecule has 4 rings (SSSR count). The van der Waals surface area contributed by atoms with Gasteiger partial charge in [0.1, 0.15) is 5.75 Å². The first-order valence-electron chi connectivity index (χ1n) is 9.25. The zero-order valence-corrected chi connectivity index (χ0v) is 15.2. The van der Waals surface area contributed by atoms with Gasteiger partial charge in [0.05, 0.1) is 7.11 Å². The molecule has 0 atom stereocenters. The van der Waals surface area contributed by atoms with Crippen LogP contribution in [-0.4, -0.2) is 55.5 Å². The average Bonchev–Trinajstić information content (AvgIpc) is 3.18. The Balaban J connectivity index is 1.37. The largest absolute Gasteiger partial charge is 0.497 e. The molecule has 1 N–H and O–H groups in total. The third kappa shape index (κ3) is 3.40. The van der Waals surface area contributed by atoms with E-state index in [1.54, 1.807) is 7.11 Å². The van der Waals surface area contributed by atoms with Gasteiger partial charge in [-0.15, -0.1) is 0 Å². The van der Waals surface area contributed by atoms with Gasteiger partial charge in [0.2, 0.25) is 0 Å². The fraction of sp³-hybridized carbons (Fsp3) is 0.381. The Morgan fingerprint density at radius 3 is 2.73 bits per heavy atom. The van der Waals surface area contributed by atoms with Crippen molar-refractivity contribution in [1.82, 2.24) is 9.80 Å². The number of para-hydroxylation sites is 1. The second-order valence-electron chi connectivity index (χ2n) is 6.93. The molecule has 5 heteroatoms. The molecule has 0 unspecified atom stereocenters. The van der Waals surface area contributed by atoms with Crippen molar-refractivity contribution in [3.05, 3.63) is 59.2 Å². The number of rotatable bonds is 4. The van der Waals surface area contributed by atoms with E-state index in [-0.39, 0.29) is 5.91 Å². The minimum atomic E-state index is 0.0887. The van der Waals surface area contributed by atoms with E-state index < -0.39 is 0 Å². The van der Waals surface area contributed by atoms with Gasteiger partial charge in [0.25, 0.3) is 5.91 Å². The highest BCUT2D eigenvalue weighted by Gasteiger charge is 2.23. The fourth-order valence-electron chi connectivity index (χ4n) is 3.83. The molecule has 0 bridgehead atoms. The molecule has 136 valence electrons. The van der Waals surface area contributed by atoms with E-state index in [4.69, 9.17) is 4.74 Å². The number of carbonyl (C=O) groups excluding carboxylic acids is 1. The zero-order chi connectivity index (χ0) is 17.9. The summed E-state index contributed by atoms with van der Waals surface area (Å²) in [6, 6.07) is 14.0. The summed E-state index contributed by atoms with van der Waals surface area (Å²) in [6.45, 7) is 5.31. The number of benzene rings is 2. The van der Waals surface area contributed by atoms with E-state index in [0.717, 1.165) is 51.4 Å². The third-order valence-corrected chi connectivity index (χ3v) is 5.30. The highest BCUT2D eigenvalue weighted by atomic mass is 16.5. The van der Waals surface area contributed by atoms with Crippen molar-refractivity contribution >= 4 is 11.6 Å². The molecular formula is C21H25N3O2. The molecule has 0 saturated carbocycles. The maximum Gasteiger partial charge on any atom is 0.254 e. The Labute approximate surface area is 154 Å². The van der Waals surface area contributed by atoms with Gasteiger partial charge >= 0.3 is 0 Å². The van der Waals surface area contributed by atoms with Gasteiger partial charge in [-0.2, -0.15) is 0 Å². The molecule has 26 heavy (non-hydrogen) atoms. The van der Waals surface area contributed by atoms with Crippen molar-refractivity contribution < 1.29 is 9.53 Å². The number of carbonyl (C=O) groups is 1. The maximum atomic E-state index is 12.7. The summed E-state index contributed by atoms with van der Waals surface area (Å²) in [6.07, 6.45) is 1.12. The first kappa shape index (κ1) is 16.9. The molecule has 1 amide bonds. The van der Waals surface area contributed by atoms with Crippen LogP contribution >= 0.6 is 0 Å². The number of piperazine rings is 1. The highest BCUT2D eigenvalue weighted by Crippen LogP contribution is 2.27. The van der Waals surface area contributed by atoms with Gasteiger partial charge in [-0.25, -0.2) is 0 Å². The van der Waals surface area contributed by atoms with Crippen LogP contribution in [0.15, 0.2) is 42.5 Å². The summed E-state index contributed by atoms with van der Waals surface area (Å²) in [7, 11) is 1.62. The first-order valence-corrected chi connectivity index (χ1v) is 9.25. The topological polar surface area (TPSA) is 44.8 Å². The summed E-state index contributed by atoms with van der Waals surface area (Å²) in [5, 5.41) is 3.51. The number of hydrogen-bond acceptors (Lipinski definition) is 4. The van der Waals surface area contributed by atoms with Gasteiger partial charge in [-0.3, -0.25) is 9.69 Å². The molecule has 1 saturated heterocycles. The van der Waals surface area contributed by atoms with E-state index in [1.807, 2.05) is 29.2 Å². The summed E-state index contributed by atoms with van der Waals surface area (Å²) < 4.78 is 5.23. The number of ether oxygens (including phenoxy) is 1. The van der Waals surface area contributed by atoms with Crippen molar-refractivity contribution in [3.63, 3.8) is 0 Å². The maximum absolute atomic E-state index is 12.7. The third-order valence-electron chi connectivity index (χ3n) is 5.30. The highest BCUT2D eigenvalue weighted by molar-refractivity contribution is 5.94. The normalized spacial score (nSPS) is 16.9. The van der Waals surface area contributed by atoms with Gasteiger partial charge in [0.15, 0.2) is 0 Å². The van der Waals surface area contributed by atoms with Gasteiger partial charge in [-0.1, -0.05) is 24.3 Å². The van der Waals surface area contributed by atoms with E-state index in [0.29, 0.717) is 5.56 Å². The Bertz CT molecular complexity index is 798. The van der Waals surface area contributed by atoms with Crippen molar-refractivity contribution in [2.24, 2.45) is 0 Å². The van der Waals surface area contributed by atoms with Crippen LogP contribution < -0.4 is 10.1 Å². The summed E-state index contributed by atoms with van der Waals surface area (Å²) >= 11 is 0. The average molecular weight is 351 g/mol. The van der Waals surface area contributed by atoms with Crippen molar-refractivity contribution in [1.29, 1.82) is 0 Å². The van der Waals surface area contributed by atoms with Crippen LogP contribution in [0.3, 0.4) is 0 Å². The Kier molecular flexibility index (Phi) is 4.80. The number of nitrogens with zero attached hydrogens (tertiary/aromatic N) is 2. The molecule has 0 aliphatic carbocycles. The minimum absolute atomic E-state index is 0.0887.